The molecule has 102 valence electrons. The number of nitrogens with two attached hydrogens (primary N) is 1. The van der Waals surface area contributed by atoms with E-state index in [0.29, 0.717) is 17.0 Å². The smallest absolute Gasteiger partial charge is 0.270 e. The topological polar surface area (TPSA) is 117 Å². The number of nitrogens with one attached hydrogen (secondary N) is 2. The second kappa shape index (κ2) is 4.21. The number of rotatable bonds is 1. The summed E-state index contributed by atoms with van der Waals surface area (Å²) in [6.07, 6.45) is 0.146. The van der Waals surface area contributed by atoms with Crippen LogP contribution >= 0.6 is 0 Å². The van der Waals surface area contributed by atoms with E-state index in [1.807, 2.05) is 6.07 Å². The highest BCUT2D eigenvalue weighted by atomic mass is 16.5. The van der Waals surface area contributed by atoms with E-state index in [1.54, 1.807) is 18.2 Å². The van der Waals surface area contributed by atoms with Crippen LogP contribution in [0.25, 0.3) is 0 Å². The summed E-state index contributed by atoms with van der Waals surface area (Å²) in [5, 5.41) is 14.7. The van der Waals surface area contributed by atoms with Crippen LogP contribution in [0.4, 0.5) is 5.69 Å². The molecule has 1 aromatic rings. The van der Waals surface area contributed by atoms with Crippen molar-refractivity contribution in [2.75, 3.05) is 11.9 Å². The van der Waals surface area contributed by atoms with E-state index in [-0.39, 0.29) is 18.9 Å². The van der Waals surface area contributed by atoms with Crippen LogP contribution in [0.3, 0.4) is 0 Å². The van der Waals surface area contributed by atoms with Crippen molar-refractivity contribution < 1.29 is 14.3 Å². The van der Waals surface area contributed by atoms with Gasteiger partial charge < -0.3 is 21.1 Å². The Balaban J connectivity index is 1.99. The zero-order chi connectivity index (χ0) is 14.3. The molecule has 7 heteroatoms. The molecular weight excluding hydrogens is 260 g/mol. The van der Waals surface area contributed by atoms with Crippen molar-refractivity contribution in [2.24, 2.45) is 5.73 Å². The normalized spacial score (nSPS) is 27.4. The molecule has 20 heavy (non-hydrogen) atoms. The molecule has 2 aliphatic rings. The van der Waals surface area contributed by atoms with Gasteiger partial charge in [-0.25, -0.2) is 0 Å². The zero-order valence-corrected chi connectivity index (χ0v) is 10.5. The molecule has 4 N–H and O–H groups in total. The predicted molar refractivity (Wildman–Crippen MR) is 68.7 cm³/mol. The maximum absolute atomic E-state index is 12.2. The minimum Gasteiger partial charge on any atom is -0.472 e. The fraction of sp³-hybridized carbons (Fsp3) is 0.308. The van der Waals surface area contributed by atoms with Crippen molar-refractivity contribution in [3.63, 3.8) is 0 Å². The molecule has 0 radical (unpaired) electrons. The Morgan fingerprint density at radius 3 is 3.00 bits per heavy atom. The number of fused-ring (bicyclic) bond motifs is 1. The van der Waals surface area contributed by atoms with E-state index < -0.39 is 17.6 Å². The lowest BCUT2D eigenvalue weighted by Gasteiger charge is -2.34. The minimum atomic E-state index is -1.19. The first-order chi connectivity index (χ1) is 9.55. The van der Waals surface area contributed by atoms with Gasteiger partial charge >= 0.3 is 0 Å². The van der Waals surface area contributed by atoms with Crippen molar-refractivity contribution in [3.8, 4) is 11.8 Å². The molecule has 0 aliphatic carbocycles. The van der Waals surface area contributed by atoms with Crippen LogP contribution in [0.1, 0.15) is 12.0 Å². The number of para-hydroxylation sites is 1. The molecule has 0 bridgehead atoms. The lowest BCUT2D eigenvalue weighted by Crippen LogP contribution is -2.52. The Labute approximate surface area is 114 Å². The summed E-state index contributed by atoms with van der Waals surface area (Å²) in [6.45, 7) is 0.172. The first-order valence-corrected chi connectivity index (χ1v) is 6.12. The molecule has 0 aromatic heterocycles. The fourth-order valence-corrected chi connectivity index (χ4v) is 2.53. The first kappa shape index (κ1) is 12.4. The van der Waals surface area contributed by atoms with Gasteiger partial charge in [0.1, 0.15) is 6.07 Å². The number of benzene rings is 1. The van der Waals surface area contributed by atoms with Crippen LogP contribution in [-0.2, 0) is 9.59 Å². The minimum absolute atomic E-state index is 0.146. The monoisotopic (exact) mass is 272 g/mol. The van der Waals surface area contributed by atoms with Crippen LogP contribution in [0.2, 0.25) is 0 Å². The summed E-state index contributed by atoms with van der Waals surface area (Å²) in [6, 6.07) is 6.34. The largest absolute Gasteiger partial charge is 0.472 e. The highest BCUT2D eigenvalue weighted by Crippen LogP contribution is 2.39. The molecule has 0 saturated carbocycles. The number of nitriles is 1. The molecule has 3 rings (SSSR count). The van der Waals surface area contributed by atoms with Gasteiger partial charge in [0.05, 0.1) is 17.3 Å². The summed E-state index contributed by atoms with van der Waals surface area (Å²) < 4.78 is 5.79. The Morgan fingerprint density at radius 2 is 2.35 bits per heavy atom. The lowest BCUT2D eigenvalue weighted by atomic mass is 9.96. The van der Waals surface area contributed by atoms with Gasteiger partial charge in [-0.3, -0.25) is 9.59 Å². The highest BCUT2D eigenvalue weighted by Gasteiger charge is 2.52. The summed E-state index contributed by atoms with van der Waals surface area (Å²) in [4.78, 5) is 23.5. The number of ether oxygens (including phenoxy) is 1. The molecule has 1 spiro atoms. The van der Waals surface area contributed by atoms with E-state index in [1.165, 1.54) is 0 Å². The van der Waals surface area contributed by atoms with E-state index in [0.717, 1.165) is 0 Å². The molecule has 1 saturated heterocycles. The summed E-state index contributed by atoms with van der Waals surface area (Å²) in [5.74, 6) is -0.532. The van der Waals surface area contributed by atoms with Gasteiger partial charge in [0, 0.05) is 13.0 Å². The third-order valence-electron chi connectivity index (χ3n) is 3.61. The molecule has 1 aromatic carbocycles. The Hall–Kier alpha value is -2.59. The van der Waals surface area contributed by atoms with Crippen LogP contribution < -0.4 is 21.1 Å². The number of carbonyl (C=O) groups excluding carboxylic acids is 2. The van der Waals surface area contributed by atoms with Crippen molar-refractivity contribution in [2.45, 2.75) is 18.1 Å². The van der Waals surface area contributed by atoms with Gasteiger partial charge in [0.25, 0.3) is 5.91 Å². The third-order valence-corrected chi connectivity index (χ3v) is 3.61. The van der Waals surface area contributed by atoms with Crippen LogP contribution in [0.15, 0.2) is 18.2 Å². The van der Waals surface area contributed by atoms with Crippen molar-refractivity contribution >= 4 is 17.5 Å². The standard InChI is InChI=1S/C13H12N4O3/c14-5-7-2-1-3-8-10(7)20-13(12(19)17-8)4-9(11(15)18)16-6-13/h1-3,9,16H,4,6H2,(H2,15,18)(H,17,19)/t9-,13+/m0/s1. The summed E-state index contributed by atoms with van der Waals surface area (Å²) >= 11 is 0. The van der Waals surface area contributed by atoms with E-state index >= 15 is 0 Å². The van der Waals surface area contributed by atoms with Crippen molar-refractivity contribution in [1.82, 2.24) is 5.32 Å². The molecule has 1 fully saturated rings. The second-order valence-corrected chi connectivity index (χ2v) is 4.88. The number of nitrogens with zero attached hydrogens (tertiary/aromatic N) is 1. The Kier molecular flexibility index (Phi) is 2.62. The molecule has 0 unspecified atom stereocenters. The van der Waals surface area contributed by atoms with Crippen LogP contribution in [0.5, 0.6) is 5.75 Å². The molecule has 7 nitrogen and oxygen atoms in total. The maximum atomic E-state index is 12.2. The fourth-order valence-electron chi connectivity index (χ4n) is 2.53. The third kappa shape index (κ3) is 1.70. The number of amides is 2. The summed E-state index contributed by atoms with van der Waals surface area (Å²) in [5.41, 5.74) is 4.85. The van der Waals surface area contributed by atoms with Crippen molar-refractivity contribution in [3.05, 3.63) is 23.8 Å². The van der Waals surface area contributed by atoms with E-state index in [2.05, 4.69) is 10.6 Å². The van der Waals surface area contributed by atoms with Gasteiger partial charge in [-0.2, -0.15) is 5.26 Å². The second-order valence-electron chi connectivity index (χ2n) is 4.88. The van der Waals surface area contributed by atoms with Crippen LogP contribution in [-0.4, -0.2) is 30.0 Å². The van der Waals surface area contributed by atoms with Gasteiger partial charge in [-0.1, -0.05) is 6.07 Å². The molecule has 2 aliphatic heterocycles. The number of anilines is 1. The Morgan fingerprint density at radius 1 is 1.55 bits per heavy atom. The zero-order valence-electron chi connectivity index (χ0n) is 10.5. The van der Waals surface area contributed by atoms with Crippen LogP contribution in [0, 0.1) is 11.3 Å². The maximum Gasteiger partial charge on any atom is 0.270 e. The molecule has 2 atom stereocenters. The molecular formula is C13H12N4O3. The lowest BCUT2D eigenvalue weighted by molar-refractivity contribution is -0.131. The van der Waals surface area contributed by atoms with Gasteiger partial charge in [0.15, 0.2) is 5.75 Å². The van der Waals surface area contributed by atoms with Gasteiger partial charge in [-0.15, -0.1) is 0 Å². The predicted octanol–water partition coefficient (Wildman–Crippen LogP) is -0.525. The molecule has 2 heterocycles. The SMILES string of the molecule is N#Cc1cccc2c1O[C@]1(CN[C@H](C(N)=O)C1)C(=O)N2. The molecule has 2 amide bonds. The first-order valence-electron chi connectivity index (χ1n) is 6.12. The quantitative estimate of drug-likeness (QED) is 0.635. The number of hydrogen-bond acceptors (Lipinski definition) is 5. The number of primary amides is 1. The number of carbonyl (C=O) groups is 2. The van der Waals surface area contributed by atoms with E-state index in [4.69, 9.17) is 15.7 Å². The number of hydrogen-bond donors (Lipinski definition) is 3. The van der Waals surface area contributed by atoms with Gasteiger partial charge in [-0.05, 0) is 12.1 Å². The average molecular weight is 272 g/mol. The van der Waals surface area contributed by atoms with E-state index in [9.17, 15) is 9.59 Å². The highest BCUT2D eigenvalue weighted by molar-refractivity contribution is 6.02. The average Bonchev–Trinajstić information content (AvgIpc) is 2.85. The Bertz CT molecular complexity index is 652. The summed E-state index contributed by atoms with van der Waals surface area (Å²) in [7, 11) is 0. The van der Waals surface area contributed by atoms with Gasteiger partial charge in [0.2, 0.25) is 11.5 Å². The van der Waals surface area contributed by atoms with Crippen molar-refractivity contribution in [1.29, 1.82) is 5.26 Å².